The maximum atomic E-state index is 11.6. The molecule has 0 aromatic carbocycles. The monoisotopic (exact) mass is 279 g/mol. The third kappa shape index (κ3) is 5.35. The van der Waals surface area contributed by atoms with Gasteiger partial charge in [0, 0.05) is 37.6 Å². The topological polar surface area (TPSA) is 60.5 Å². The molecule has 2 N–H and O–H groups in total. The van der Waals surface area contributed by atoms with Gasteiger partial charge < -0.3 is 19.9 Å². The van der Waals surface area contributed by atoms with Gasteiger partial charge in [-0.1, -0.05) is 0 Å². The van der Waals surface area contributed by atoms with Crippen molar-refractivity contribution >= 4 is 5.69 Å². The number of anilines is 1. The van der Waals surface area contributed by atoms with Gasteiger partial charge in [0.2, 0.25) is 0 Å². The predicted molar refractivity (Wildman–Crippen MR) is 80.8 cm³/mol. The Bertz CT molecular complexity index is 468. The average molecular weight is 279 g/mol. The minimum absolute atomic E-state index is 0.00891. The molecule has 1 fully saturated rings. The van der Waals surface area contributed by atoms with Crippen LogP contribution in [0.5, 0.6) is 0 Å². The summed E-state index contributed by atoms with van der Waals surface area (Å²) in [5.41, 5.74) is 6.32. The zero-order valence-electron chi connectivity index (χ0n) is 12.3. The molecule has 0 unspecified atom stereocenters. The molecular weight excluding hydrogens is 254 g/mol. The zero-order chi connectivity index (χ0) is 14.4. The van der Waals surface area contributed by atoms with Crippen LogP contribution < -0.4 is 11.3 Å². The minimum Gasteiger partial charge on any atom is -0.398 e. The SMILES string of the molecule is CN(CCCn1cc(N)ccc1=O)CCOCC1CC1. The molecule has 5 nitrogen and oxygen atoms in total. The van der Waals surface area contributed by atoms with Gasteiger partial charge in [0.1, 0.15) is 0 Å². The Balaban J connectivity index is 1.59. The van der Waals surface area contributed by atoms with Crippen molar-refractivity contribution in [1.82, 2.24) is 9.47 Å². The molecule has 1 heterocycles. The average Bonchev–Trinajstić information content (AvgIpc) is 3.23. The molecule has 112 valence electrons. The second kappa shape index (κ2) is 7.45. The standard InChI is InChI=1S/C15H25N3O2/c1-17(9-10-20-12-13-3-4-13)7-2-8-18-11-14(16)5-6-15(18)19/h5-6,11,13H,2-4,7-10,12,16H2,1H3. The summed E-state index contributed by atoms with van der Waals surface area (Å²) in [6.45, 7) is 4.32. The Morgan fingerprint density at radius 1 is 1.40 bits per heavy atom. The fraction of sp³-hybridized carbons (Fsp3) is 0.667. The lowest BCUT2D eigenvalue weighted by atomic mass is 10.3. The van der Waals surface area contributed by atoms with Crippen molar-refractivity contribution in [2.45, 2.75) is 25.8 Å². The summed E-state index contributed by atoms with van der Waals surface area (Å²) in [5.74, 6) is 0.829. The highest BCUT2D eigenvalue weighted by atomic mass is 16.5. The number of nitrogens with two attached hydrogens (primary N) is 1. The Labute approximate surface area is 120 Å². The van der Waals surface area contributed by atoms with E-state index < -0.39 is 0 Å². The van der Waals surface area contributed by atoms with E-state index in [1.54, 1.807) is 16.8 Å². The van der Waals surface area contributed by atoms with Crippen LogP contribution in [0.3, 0.4) is 0 Å². The lowest BCUT2D eigenvalue weighted by Gasteiger charge is -2.17. The first-order valence-electron chi connectivity index (χ1n) is 7.37. The fourth-order valence-corrected chi connectivity index (χ4v) is 2.10. The molecule has 5 heteroatoms. The zero-order valence-corrected chi connectivity index (χ0v) is 12.3. The van der Waals surface area contributed by atoms with E-state index in [-0.39, 0.29) is 5.56 Å². The van der Waals surface area contributed by atoms with Crippen molar-refractivity contribution in [3.8, 4) is 0 Å². The van der Waals surface area contributed by atoms with E-state index in [9.17, 15) is 4.79 Å². The number of likely N-dealkylation sites (N-methyl/N-ethyl adjacent to an activating group) is 1. The van der Waals surface area contributed by atoms with Crippen LogP contribution in [0, 0.1) is 5.92 Å². The number of nitrogen functional groups attached to an aromatic ring is 1. The highest BCUT2D eigenvalue weighted by molar-refractivity contribution is 5.33. The molecule has 0 atom stereocenters. The van der Waals surface area contributed by atoms with Gasteiger partial charge in [-0.2, -0.15) is 0 Å². The third-order valence-corrected chi connectivity index (χ3v) is 3.61. The van der Waals surface area contributed by atoms with Gasteiger partial charge in [0.25, 0.3) is 5.56 Å². The van der Waals surface area contributed by atoms with E-state index >= 15 is 0 Å². The van der Waals surface area contributed by atoms with E-state index in [1.165, 1.54) is 18.9 Å². The highest BCUT2D eigenvalue weighted by Crippen LogP contribution is 2.28. The van der Waals surface area contributed by atoms with Gasteiger partial charge in [-0.25, -0.2) is 0 Å². The third-order valence-electron chi connectivity index (χ3n) is 3.61. The van der Waals surface area contributed by atoms with Gasteiger partial charge in [0.15, 0.2) is 0 Å². The number of hydrogen-bond acceptors (Lipinski definition) is 4. The molecule has 0 saturated heterocycles. The van der Waals surface area contributed by atoms with Gasteiger partial charge in [-0.05, 0) is 44.8 Å². The van der Waals surface area contributed by atoms with Crippen molar-refractivity contribution in [2.75, 3.05) is 39.1 Å². The van der Waals surface area contributed by atoms with E-state index in [1.807, 2.05) is 0 Å². The molecular formula is C15H25N3O2. The lowest BCUT2D eigenvalue weighted by Crippen LogP contribution is -2.27. The minimum atomic E-state index is 0.00891. The summed E-state index contributed by atoms with van der Waals surface area (Å²) in [4.78, 5) is 13.8. The van der Waals surface area contributed by atoms with E-state index in [2.05, 4.69) is 11.9 Å². The van der Waals surface area contributed by atoms with Crippen molar-refractivity contribution < 1.29 is 4.74 Å². The number of aromatic nitrogens is 1. The quantitative estimate of drug-likeness (QED) is 0.690. The smallest absolute Gasteiger partial charge is 0.250 e. The number of aryl methyl sites for hydroxylation is 1. The second-order valence-electron chi connectivity index (χ2n) is 5.67. The summed E-state index contributed by atoms with van der Waals surface area (Å²) >= 11 is 0. The summed E-state index contributed by atoms with van der Waals surface area (Å²) in [7, 11) is 2.09. The van der Waals surface area contributed by atoms with Gasteiger partial charge in [-0.15, -0.1) is 0 Å². The predicted octanol–water partition coefficient (Wildman–Crippen LogP) is 1.18. The van der Waals surface area contributed by atoms with Crippen LogP contribution in [0.4, 0.5) is 5.69 Å². The van der Waals surface area contributed by atoms with Crippen molar-refractivity contribution in [2.24, 2.45) is 5.92 Å². The largest absolute Gasteiger partial charge is 0.398 e. The number of ether oxygens (including phenoxy) is 1. The lowest BCUT2D eigenvalue weighted by molar-refractivity contribution is 0.103. The molecule has 0 bridgehead atoms. The first-order valence-corrected chi connectivity index (χ1v) is 7.37. The fourth-order valence-electron chi connectivity index (χ4n) is 2.10. The highest BCUT2D eigenvalue weighted by Gasteiger charge is 2.20. The van der Waals surface area contributed by atoms with E-state index in [0.717, 1.165) is 38.6 Å². The first kappa shape index (κ1) is 15.1. The number of rotatable bonds is 9. The molecule has 1 aromatic rings. The maximum absolute atomic E-state index is 11.6. The molecule has 2 rings (SSSR count). The Kier molecular flexibility index (Phi) is 5.61. The van der Waals surface area contributed by atoms with Crippen LogP contribution >= 0.6 is 0 Å². The normalized spacial score (nSPS) is 14.9. The molecule has 1 aliphatic carbocycles. The van der Waals surface area contributed by atoms with Crippen LogP contribution in [0.1, 0.15) is 19.3 Å². The van der Waals surface area contributed by atoms with E-state index in [0.29, 0.717) is 12.2 Å². The van der Waals surface area contributed by atoms with Crippen LogP contribution in [-0.4, -0.2) is 42.8 Å². The van der Waals surface area contributed by atoms with Crippen LogP contribution in [-0.2, 0) is 11.3 Å². The maximum Gasteiger partial charge on any atom is 0.250 e. The Morgan fingerprint density at radius 2 is 2.20 bits per heavy atom. The molecule has 0 aliphatic heterocycles. The molecule has 1 aromatic heterocycles. The second-order valence-corrected chi connectivity index (χ2v) is 5.67. The van der Waals surface area contributed by atoms with Crippen molar-refractivity contribution in [3.63, 3.8) is 0 Å². The first-order chi connectivity index (χ1) is 9.65. The van der Waals surface area contributed by atoms with Gasteiger partial charge in [0.05, 0.1) is 6.61 Å². The summed E-state index contributed by atoms with van der Waals surface area (Å²) in [6, 6.07) is 3.16. The Hall–Kier alpha value is -1.33. The van der Waals surface area contributed by atoms with Crippen molar-refractivity contribution in [3.05, 3.63) is 28.7 Å². The van der Waals surface area contributed by atoms with Gasteiger partial charge >= 0.3 is 0 Å². The van der Waals surface area contributed by atoms with Crippen LogP contribution in [0.2, 0.25) is 0 Å². The molecule has 0 amide bonds. The summed E-state index contributed by atoms with van der Waals surface area (Å²) in [5, 5.41) is 0. The Morgan fingerprint density at radius 3 is 2.95 bits per heavy atom. The number of hydrogen-bond donors (Lipinski definition) is 1. The molecule has 1 aliphatic rings. The number of pyridine rings is 1. The molecule has 1 saturated carbocycles. The van der Waals surface area contributed by atoms with Gasteiger partial charge in [-0.3, -0.25) is 4.79 Å². The summed E-state index contributed by atoms with van der Waals surface area (Å²) in [6.07, 6.45) is 5.32. The van der Waals surface area contributed by atoms with Crippen LogP contribution in [0.25, 0.3) is 0 Å². The molecule has 0 radical (unpaired) electrons. The molecule has 20 heavy (non-hydrogen) atoms. The number of nitrogens with zero attached hydrogens (tertiary/aromatic N) is 2. The van der Waals surface area contributed by atoms with Crippen LogP contribution in [0.15, 0.2) is 23.1 Å². The summed E-state index contributed by atoms with van der Waals surface area (Å²) < 4.78 is 7.29. The van der Waals surface area contributed by atoms with Crippen molar-refractivity contribution in [1.29, 1.82) is 0 Å². The van der Waals surface area contributed by atoms with E-state index in [4.69, 9.17) is 10.5 Å². The molecule has 0 spiro atoms.